The quantitative estimate of drug-likeness (QED) is 0.693. The average molecular weight is 455 g/mol. The van der Waals surface area contributed by atoms with Crippen molar-refractivity contribution in [2.24, 2.45) is 5.92 Å². The Labute approximate surface area is 195 Å². The van der Waals surface area contributed by atoms with Crippen LogP contribution in [0.15, 0.2) is 42.6 Å². The van der Waals surface area contributed by atoms with E-state index in [0.29, 0.717) is 28.9 Å². The lowest BCUT2D eigenvalue weighted by atomic mass is 9.95. The van der Waals surface area contributed by atoms with Gasteiger partial charge in [0.15, 0.2) is 0 Å². The normalized spacial score (nSPS) is 20.2. The predicted molar refractivity (Wildman–Crippen MR) is 126 cm³/mol. The first-order valence-electron chi connectivity index (χ1n) is 11.5. The molecular formula is C25H31ClN4O2. The number of rotatable bonds is 5. The number of carbonyl (C=O) groups is 2. The van der Waals surface area contributed by atoms with Crippen molar-refractivity contribution in [1.82, 2.24) is 20.1 Å². The van der Waals surface area contributed by atoms with E-state index in [1.54, 1.807) is 36.5 Å². The van der Waals surface area contributed by atoms with E-state index in [-0.39, 0.29) is 11.8 Å². The lowest BCUT2D eigenvalue weighted by Crippen LogP contribution is -2.49. The topological polar surface area (TPSA) is 65.5 Å². The van der Waals surface area contributed by atoms with Crippen molar-refractivity contribution < 1.29 is 9.59 Å². The van der Waals surface area contributed by atoms with Crippen LogP contribution in [0, 0.1) is 5.92 Å². The Morgan fingerprint density at radius 1 is 1.06 bits per heavy atom. The minimum Gasteiger partial charge on any atom is -0.348 e. The van der Waals surface area contributed by atoms with E-state index in [1.165, 1.54) is 25.9 Å². The van der Waals surface area contributed by atoms with E-state index in [0.717, 1.165) is 37.4 Å². The zero-order valence-corrected chi connectivity index (χ0v) is 19.4. The van der Waals surface area contributed by atoms with E-state index >= 15 is 0 Å². The van der Waals surface area contributed by atoms with Crippen LogP contribution in [0.4, 0.5) is 0 Å². The summed E-state index contributed by atoms with van der Waals surface area (Å²) in [5, 5.41) is 3.23. The van der Waals surface area contributed by atoms with Crippen LogP contribution >= 0.6 is 11.6 Å². The summed E-state index contributed by atoms with van der Waals surface area (Å²) in [6, 6.07) is 11.1. The molecule has 32 heavy (non-hydrogen) atoms. The maximum absolute atomic E-state index is 13.0. The Bertz CT molecular complexity index is 941. The van der Waals surface area contributed by atoms with Crippen molar-refractivity contribution in [1.29, 1.82) is 0 Å². The second kappa shape index (κ2) is 10.5. The fourth-order valence-electron chi connectivity index (χ4n) is 4.77. The van der Waals surface area contributed by atoms with Crippen LogP contribution in [0.2, 0.25) is 5.15 Å². The van der Waals surface area contributed by atoms with Gasteiger partial charge in [0, 0.05) is 55.1 Å². The highest BCUT2D eigenvalue weighted by Crippen LogP contribution is 2.24. The molecule has 1 atom stereocenters. The van der Waals surface area contributed by atoms with Crippen LogP contribution in [0.25, 0.3) is 0 Å². The monoisotopic (exact) mass is 454 g/mol. The fourth-order valence-corrected chi connectivity index (χ4v) is 4.95. The first kappa shape index (κ1) is 22.7. The smallest absolute Gasteiger partial charge is 0.253 e. The lowest BCUT2D eigenvalue weighted by Gasteiger charge is -2.41. The molecule has 1 aromatic heterocycles. The molecule has 2 fully saturated rings. The standard InChI is InChI=1S/C25H31ClN4O2/c1-18-4-3-13-30(17-18)22-10-14-29(15-11-22)25(32)20-8-6-19(7-9-20)24(31)28-16-21-5-2-12-27-23(21)26/h2,5-9,12,18,22H,3-4,10-11,13-17H2,1H3,(H,28,31). The van der Waals surface area contributed by atoms with E-state index in [1.807, 2.05) is 11.0 Å². The summed E-state index contributed by atoms with van der Waals surface area (Å²) < 4.78 is 0. The van der Waals surface area contributed by atoms with Gasteiger partial charge in [-0.1, -0.05) is 24.6 Å². The van der Waals surface area contributed by atoms with Gasteiger partial charge in [-0.25, -0.2) is 4.98 Å². The molecule has 0 radical (unpaired) electrons. The summed E-state index contributed by atoms with van der Waals surface area (Å²) in [6.07, 6.45) is 6.31. The Hall–Kier alpha value is -2.44. The molecule has 6 nitrogen and oxygen atoms in total. The number of nitrogens with one attached hydrogen (secondary N) is 1. The number of nitrogens with zero attached hydrogens (tertiary/aromatic N) is 3. The van der Waals surface area contributed by atoms with Crippen molar-refractivity contribution >= 4 is 23.4 Å². The second-order valence-corrected chi connectivity index (χ2v) is 9.34. The number of hydrogen-bond donors (Lipinski definition) is 1. The Kier molecular flexibility index (Phi) is 7.43. The molecule has 0 aliphatic carbocycles. The highest BCUT2D eigenvalue weighted by molar-refractivity contribution is 6.30. The van der Waals surface area contributed by atoms with Gasteiger partial charge in [-0.15, -0.1) is 0 Å². The summed E-state index contributed by atoms with van der Waals surface area (Å²) in [4.78, 5) is 34.0. The van der Waals surface area contributed by atoms with Gasteiger partial charge < -0.3 is 10.2 Å². The number of benzene rings is 1. The van der Waals surface area contributed by atoms with Gasteiger partial charge in [-0.3, -0.25) is 14.5 Å². The number of amides is 2. The van der Waals surface area contributed by atoms with Crippen LogP contribution in [-0.2, 0) is 6.54 Å². The fraction of sp³-hybridized carbons (Fsp3) is 0.480. The predicted octanol–water partition coefficient (Wildman–Crippen LogP) is 4.00. The number of aromatic nitrogens is 1. The zero-order valence-electron chi connectivity index (χ0n) is 18.6. The number of likely N-dealkylation sites (tertiary alicyclic amines) is 2. The summed E-state index contributed by atoms with van der Waals surface area (Å²) in [5.41, 5.74) is 1.90. The maximum atomic E-state index is 13.0. The number of pyridine rings is 1. The summed E-state index contributed by atoms with van der Waals surface area (Å²) in [7, 11) is 0. The van der Waals surface area contributed by atoms with E-state index < -0.39 is 0 Å². The molecule has 2 amide bonds. The first-order valence-corrected chi connectivity index (χ1v) is 11.9. The third kappa shape index (κ3) is 5.48. The van der Waals surface area contributed by atoms with E-state index in [2.05, 4.69) is 22.1 Å². The third-order valence-corrected chi connectivity index (χ3v) is 6.97. The van der Waals surface area contributed by atoms with E-state index in [9.17, 15) is 9.59 Å². The molecule has 0 saturated carbocycles. The first-order chi connectivity index (χ1) is 15.5. The van der Waals surface area contributed by atoms with Crippen LogP contribution < -0.4 is 5.32 Å². The van der Waals surface area contributed by atoms with Gasteiger partial charge in [0.2, 0.25) is 0 Å². The van der Waals surface area contributed by atoms with Gasteiger partial charge >= 0.3 is 0 Å². The molecular weight excluding hydrogens is 424 g/mol. The van der Waals surface area contributed by atoms with Gasteiger partial charge in [0.25, 0.3) is 11.8 Å². The Balaban J connectivity index is 1.28. The molecule has 1 unspecified atom stereocenters. The van der Waals surface area contributed by atoms with Crippen LogP contribution in [0.1, 0.15) is 58.9 Å². The second-order valence-electron chi connectivity index (χ2n) is 8.98. The highest BCUT2D eigenvalue weighted by atomic mass is 35.5. The van der Waals surface area contributed by atoms with Gasteiger partial charge in [-0.05, 0) is 68.5 Å². The SMILES string of the molecule is CC1CCCN(C2CCN(C(=O)c3ccc(C(=O)NCc4cccnc4Cl)cc3)CC2)C1. The molecule has 2 aliphatic heterocycles. The molecule has 7 heteroatoms. The van der Waals surface area contributed by atoms with Crippen LogP contribution in [0.3, 0.4) is 0 Å². The van der Waals surface area contributed by atoms with Crippen LogP contribution in [-0.4, -0.2) is 58.8 Å². The zero-order chi connectivity index (χ0) is 22.5. The van der Waals surface area contributed by atoms with Crippen molar-refractivity contribution in [3.05, 3.63) is 64.4 Å². The van der Waals surface area contributed by atoms with Crippen molar-refractivity contribution in [3.8, 4) is 0 Å². The molecule has 2 aliphatic rings. The summed E-state index contributed by atoms with van der Waals surface area (Å²) in [6.45, 7) is 6.61. The number of carbonyl (C=O) groups excluding carboxylic acids is 2. The largest absolute Gasteiger partial charge is 0.348 e. The van der Waals surface area contributed by atoms with Crippen molar-refractivity contribution in [2.75, 3.05) is 26.2 Å². The average Bonchev–Trinajstić information content (AvgIpc) is 2.83. The molecule has 1 N–H and O–H groups in total. The maximum Gasteiger partial charge on any atom is 0.253 e. The lowest BCUT2D eigenvalue weighted by molar-refractivity contribution is 0.0541. The Morgan fingerprint density at radius 3 is 2.47 bits per heavy atom. The highest BCUT2D eigenvalue weighted by Gasteiger charge is 2.29. The van der Waals surface area contributed by atoms with Gasteiger partial charge in [-0.2, -0.15) is 0 Å². The molecule has 4 rings (SSSR count). The molecule has 3 heterocycles. The summed E-state index contributed by atoms with van der Waals surface area (Å²) >= 11 is 6.04. The minimum atomic E-state index is -0.208. The van der Waals surface area contributed by atoms with Crippen LogP contribution in [0.5, 0.6) is 0 Å². The van der Waals surface area contributed by atoms with Crippen molar-refractivity contribution in [3.63, 3.8) is 0 Å². The number of piperidine rings is 2. The molecule has 2 saturated heterocycles. The number of halogens is 1. The number of hydrogen-bond acceptors (Lipinski definition) is 4. The Morgan fingerprint density at radius 2 is 1.78 bits per heavy atom. The molecule has 2 aromatic rings. The van der Waals surface area contributed by atoms with Gasteiger partial charge in [0.05, 0.1) is 0 Å². The van der Waals surface area contributed by atoms with Gasteiger partial charge in [0.1, 0.15) is 5.15 Å². The van der Waals surface area contributed by atoms with Crippen molar-refractivity contribution in [2.45, 2.75) is 45.2 Å². The molecule has 0 spiro atoms. The summed E-state index contributed by atoms with van der Waals surface area (Å²) in [5.74, 6) is 0.616. The minimum absolute atomic E-state index is 0.0459. The van der Waals surface area contributed by atoms with E-state index in [4.69, 9.17) is 11.6 Å². The third-order valence-electron chi connectivity index (χ3n) is 6.63. The molecule has 170 valence electrons. The molecule has 1 aromatic carbocycles. The molecule has 0 bridgehead atoms.